The van der Waals surface area contributed by atoms with Crippen molar-refractivity contribution in [2.24, 2.45) is 5.41 Å². The Morgan fingerprint density at radius 3 is 2.94 bits per heavy atom. The van der Waals surface area contributed by atoms with Crippen LogP contribution in [0.3, 0.4) is 0 Å². The number of ketones is 1. The summed E-state index contributed by atoms with van der Waals surface area (Å²) in [7, 11) is 0. The quantitative estimate of drug-likeness (QED) is 0.603. The second kappa shape index (κ2) is 5.66. The number of hydrogen-bond acceptors (Lipinski definition) is 4. The van der Waals surface area contributed by atoms with Gasteiger partial charge in [0.1, 0.15) is 6.61 Å². The fraction of sp³-hybridized carbons (Fsp3) is 0.538. The average molecular weight is 238 g/mol. The number of Topliss-reactive ketones (excluding diaryl/α,β-unsaturated/α-hetero) is 1. The lowest BCUT2D eigenvalue weighted by atomic mass is 9.74. The van der Waals surface area contributed by atoms with Crippen LogP contribution >= 0.6 is 0 Å². The third kappa shape index (κ3) is 3.73. The van der Waals surface area contributed by atoms with Gasteiger partial charge in [0.15, 0.2) is 5.76 Å². The van der Waals surface area contributed by atoms with Gasteiger partial charge in [0.25, 0.3) is 0 Å². The van der Waals surface area contributed by atoms with Crippen molar-refractivity contribution < 1.29 is 19.4 Å². The minimum absolute atomic E-state index is 0.132. The van der Waals surface area contributed by atoms with Gasteiger partial charge in [-0.3, -0.25) is 9.59 Å². The number of allylic oxidation sites excluding steroid dienone is 3. The fourth-order valence-corrected chi connectivity index (χ4v) is 1.81. The van der Waals surface area contributed by atoms with E-state index < -0.39 is 5.41 Å². The molecule has 0 aromatic rings. The summed E-state index contributed by atoms with van der Waals surface area (Å²) in [6, 6.07) is 0. The molecule has 94 valence electrons. The number of carbonyl (C=O) groups excluding carboxylic acids is 2. The molecule has 1 atom stereocenters. The van der Waals surface area contributed by atoms with Gasteiger partial charge in [-0.25, -0.2) is 0 Å². The molecule has 0 heterocycles. The zero-order valence-electron chi connectivity index (χ0n) is 10.2. The molecular weight excluding hydrogens is 220 g/mol. The highest BCUT2D eigenvalue weighted by Crippen LogP contribution is 2.35. The number of carbonyl (C=O) groups is 2. The van der Waals surface area contributed by atoms with Gasteiger partial charge in [-0.2, -0.15) is 0 Å². The highest BCUT2D eigenvalue weighted by atomic mass is 16.5. The van der Waals surface area contributed by atoms with Crippen LogP contribution in [0.25, 0.3) is 0 Å². The summed E-state index contributed by atoms with van der Waals surface area (Å²) >= 11 is 0. The van der Waals surface area contributed by atoms with Crippen LogP contribution in [0.2, 0.25) is 0 Å². The van der Waals surface area contributed by atoms with Crippen LogP contribution < -0.4 is 0 Å². The Kier molecular flexibility index (Phi) is 4.49. The van der Waals surface area contributed by atoms with Gasteiger partial charge >= 0.3 is 5.97 Å². The lowest BCUT2D eigenvalue weighted by molar-refractivity contribution is -0.139. The van der Waals surface area contributed by atoms with Crippen molar-refractivity contribution in [1.29, 1.82) is 0 Å². The van der Waals surface area contributed by atoms with Gasteiger partial charge in [0, 0.05) is 12.3 Å². The smallest absolute Gasteiger partial charge is 0.302 e. The molecule has 0 spiro atoms. The standard InChI is InChI=1S/C13H18O4/c1-10(14)17-9-4-3-7-13(2)8-5-6-11(15)12(13)16/h3-4,6,15H,5,7-9H2,1-2H3/b4-3+/t13-/m1/s1. The molecule has 0 bridgehead atoms. The molecule has 1 aliphatic rings. The second-order valence-corrected chi connectivity index (χ2v) is 4.50. The number of esters is 1. The van der Waals surface area contributed by atoms with Gasteiger partial charge in [-0.15, -0.1) is 0 Å². The van der Waals surface area contributed by atoms with Crippen molar-refractivity contribution in [3.63, 3.8) is 0 Å². The van der Waals surface area contributed by atoms with E-state index in [1.54, 1.807) is 12.2 Å². The summed E-state index contributed by atoms with van der Waals surface area (Å²) in [4.78, 5) is 22.3. The first-order chi connectivity index (χ1) is 7.96. The molecule has 0 fully saturated rings. The highest BCUT2D eigenvalue weighted by Gasteiger charge is 2.36. The first-order valence-electron chi connectivity index (χ1n) is 5.68. The Morgan fingerprint density at radius 2 is 2.29 bits per heavy atom. The van der Waals surface area contributed by atoms with E-state index in [0.29, 0.717) is 12.8 Å². The van der Waals surface area contributed by atoms with E-state index in [0.717, 1.165) is 6.42 Å². The largest absolute Gasteiger partial charge is 0.505 e. The lowest BCUT2D eigenvalue weighted by Gasteiger charge is -2.28. The van der Waals surface area contributed by atoms with Crippen LogP contribution in [-0.2, 0) is 14.3 Å². The van der Waals surface area contributed by atoms with Crippen LogP contribution in [0.15, 0.2) is 24.0 Å². The predicted octanol–water partition coefficient (Wildman–Crippen LogP) is 2.31. The maximum atomic E-state index is 11.8. The van der Waals surface area contributed by atoms with E-state index >= 15 is 0 Å². The summed E-state index contributed by atoms with van der Waals surface area (Å²) in [6.45, 7) is 3.42. The molecule has 0 aromatic heterocycles. The molecule has 0 unspecified atom stereocenters. The number of rotatable bonds is 4. The summed E-state index contributed by atoms with van der Waals surface area (Å²) < 4.78 is 4.74. The van der Waals surface area contributed by atoms with Crippen LogP contribution in [0.1, 0.15) is 33.1 Å². The SMILES string of the molecule is CC(=O)OC/C=C/C[C@]1(C)CCC=C(O)C1=O. The van der Waals surface area contributed by atoms with Gasteiger partial charge in [0.2, 0.25) is 5.78 Å². The first kappa shape index (κ1) is 13.5. The Hall–Kier alpha value is -1.58. The molecule has 4 heteroatoms. The maximum absolute atomic E-state index is 11.8. The lowest BCUT2D eigenvalue weighted by Crippen LogP contribution is -2.31. The molecular formula is C13H18O4. The van der Waals surface area contributed by atoms with Gasteiger partial charge in [-0.1, -0.05) is 19.1 Å². The number of hydrogen-bond donors (Lipinski definition) is 1. The van der Waals surface area contributed by atoms with E-state index in [1.165, 1.54) is 6.92 Å². The fourth-order valence-electron chi connectivity index (χ4n) is 1.81. The Balaban J connectivity index is 2.48. The zero-order chi connectivity index (χ0) is 12.9. The first-order valence-corrected chi connectivity index (χ1v) is 5.68. The Morgan fingerprint density at radius 1 is 1.59 bits per heavy atom. The van der Waals surface area contributed by atoms with E-state index in [4.69, 9.17) is 4.74 Å². The van der Waals surface area contributed by atoms with Crippen molar-refractivity contribution in [3.05, 3.63) is 24.0 Å². The predicted molar refractivity (Wildman–Crippen MR) is 63.4 cm³/mol. The van der Waals surface area contributed by atoms with Gasteiger partial charge in [0.05, 0.1) is 0 Å². The third-order valence-corrected chi connectivity index (χ3v) is 2.93. The van der Waals surface area contributed by atoms with Crippen molar-refractivity contribution in [1.82, 2.24) is 0 Å². The highest BCUT2D eigenvalue weighted by molar-refractivity contribution is 5.98. The van der Waals surface area contributed by atoms with E-state index in [9.17, 15) is 14.7 Å². The van der Waals surface area contributed by atoms with Crippen molar-refractivity contribution in [3.8, 4) is 0 Å². The molecule has 0 saturated carbocycles. The second-order valence-electron chi connectivity index (χ2n) is 4.50. The summed E-state index contributed by atoms with van der Waals surface area (Å²) in [6.07, 6.45) is 7.09. The summed E-state index contributed by atoms with van der Waals surface area (Å²) in [5.41, 5.74) is -0.536. The summed E-state index contributed by atoms with van der Waals surface area (Å²) in [5.74, 6) is -0.664. The average Bonchev–Trinajstić information content (AvgIpc) is 2.25. The molecule has 0 aliphatic heterocycles. The Labute approximate surface area is 101 Å². The molecule has 4 nitrogen and oxygen atoms in total. The number of ether oxygens (including phenoxy) is 1. The molecule has 0 aromatic carbocycles. The number of aliphatic hydroxyl groups is 1. The van der Waals surface area contributed by atoms with E-state index in [1.807, 2.05) is 13.0 Å². The van der Waals surface area contributed by atoms with Crippen LogP contribution in [0.5, 0.6) is 0 Å². The minimum atomic E-state index is -0.536. The van der Waals surface area contributed by atoms with Crippen molar-refractivity contribution >= 4 is 11.8 Å². The molecule has 1 N–H and O–H groups in total. The minimum Gasteiger partial charge on any atom is -0.505 e. The number of aliphatic hydroxyl groups excluding tert-OH is 1. The van der Waals surface area contributed by atoms with Crippen LogP contribution in [0.4, 0.5) is 0 Å². The topological polar surface area (TPSA) is 63.6 Å². The molecule has 17 heavy (non-hydrogen) atoms. The maximum Gasteiger partial charge on any atom is 0.302 e. The third-order valence-electron chi connectivity index (χ3n) is 2.93. The van der Waals surface area contributed by atoms with E-state index in [-0.39, 0.29) is 24.1 Å². The van der Waals surface area contributed by atoms with Crippen LogP contribution in [0, 0.1) is 5.41 Å². The van der Waals surface area contributed by atoms with Crippen molar-refractivity contribution in [2.75, 3.05) is 6.61 Å². The normalized spacial score (nSPS) is 24.8. The van der Waals surface area contributed by atoms with Gasteiger partial charge < -0.3 is 9.84 Å². The van der Waals surface area contributed by atoms with Crippen LogP contribution in [-0.4, -0.2) is 23.5 Å². The molecule has 0 saturated heterocycles. The van der Waals surface area contributed by atoms with Crippen molar-refractivity contribution in [2.45, 2.75) is 33.1 Å². The monoisotopic (exact) mass is 238 g/mol. The zero-order valence-corrected chi connectivity index (χ0v) is 10.2. The molecule has 1 rings (SSSR count). The molecule has 1 aliphatic carbocycles. The van der Waals surface area contributed by atoms with Gasteiger partial charge in [-0.05, 0) is 25.3 Å². The molecule has 0 amide bonds. The summed E-state index contributed by atoms with van der Waals surface area (Å²) in [5, 5.41) is 9.41. The Bertz CT molecular complexity index is 368. The molecule has 0 radical (unpaired) electrons. The van der Waals surface area contributed by atoms with E-state index in [2.05, 4.69) is 0 Å².